The van der Waals surface area contributed by atoms with E-state index in [1.54, 1.807) is 10.9 Å². The average molecular weight is 416 g/mol. The van der Waals surface area contributed by atoms with Crippen LogP contribution < -0.4 is 15.0 Å². The zero-order chi connectivity index (χ0) is 21.1. The summed E-state index contributed by atoms with van der Waals surface area (Å²) < 4.78 is 69.2. The number of benzene rings is 2. The summed E-state index contributed by atoms with van der Waals surface area (Å²) in [6, 6.07) is 6.50. The third-order valence-corrected chi connectivity index (χ3v) is 5.03. The van der Waals surface area contributed by atoms with Crippen LogP contribution in [0.4, 0.5) is 13.2 Å². The van der Waals surface area contributed by atoms with Crippen molar-refractivity contribution in [2.75, 3.05) is 6.61 Å². The lowest BCUT2D eigenvalue weighted by Crippen LogP contribution is -2.44. The Hall–Kier alpha value is -2.59. The largest absolute Gasteiger partial charge is 0.483 e. The number of halogens is 3. The second-order valence-corrected chi connectivity index (χ2v) is 7.96. The molecule has 6 nitrogen and oxygen atoms in total. The molecule has 0 spiro atoms. The summed E-state index contributed by atoms with van der Waals surface area (Å²) >= 11 is 0. The SMILES string of the molecule is Cc1ccc(C(C)C)c(OCC(=O)NNS(=O)(=O)c2ccc(F)c(F)c2F)c1. The van der Waals surface area contributed by atoms with Crippen molar-refractivity contribution in [2.24, 2.45) is 0 Å². The van der Waals surface area contributed by atoms with Crippen molar-refractivity contribution < 1.29 is 31.1 Å². The first-order chi connectivity index (χ1) is 13.0. The minimum absolute atomic E-state index is 0.133. The standard InChI is InChI=1S/C18H19F3N2O4S/c1-10(2)12-5-4-11(3)8-14(12)27-9-16(24)22-23-28(25,26)15-7-6-13(19)17(20)18(15)21/h4-8,10,23H,9H2,1-3H3,(H,22,24). The summed E-state index contributed by atoms with van der Waals surface area (Å²) in [5.74, 6) is -5.62. The van der Waals surface area contributed by atoms with Crippen LogP contribution in [0, 0.1) is 24.4 Å². The lowest BCUT2D eigenvalue weighted by Gasteiger charge is -2.15. The molecule has 2 N–H and O–H groups in total. The molecule has 2 aromatic rings. The number of hydrazine groups is 1. The molecule has 0 atom stereocenters. The van der Waals surface area contributed by atoms with Gasteiger partial charge in [0.1, 0.15) is 10.6 Å². The van der Waals surface area contributed by atoms with Crippen LogP contribution in [0.2, 0.25) is 0 Å². The zero-order valence-electron chi connectivity index (χ0n) is 15.3. The van der Waals surface area contributed by atoms with E-state index in [1.807, 2.05) is 38.3 Å². The van der Waals surface area contributed by atoms with E-state index in [1.165, 1.54) is 0 Å². The summed E-state index contributed by atoms with van der Waals surface area (Å²) in [4.78, 5) is 12.3. The van der Waals surface area contributed by atoms with Gasteiger partial charge >= 0.3 is 0 Å². The first-order valence-electron chi connectivity index (χ1n) is 8.20. The molecule has 10 heteroatoms. The Morgan fingerprint density at radius 3 is 2.43 bits per heavy atom. The van der Waals surface area contributed by atoms with Gasteiger partial charge in [-0.2, -0.15) is 0 Å². The fourth-order valence-electron chi connectivity index (χ4n) is 2.32. The van der Waals surface area contributed by atoms with Crippen molar-refractivity contribution in [1.82, 2.24) is 10.3 Å². The second-order valence-electron chi connectivity index (χ2n) is 6.31. The Kier molecular flexibility index (Phi) is 6.68. The molecule has 152 valence electrons. The summed E-state index contributed by atoms with van der Waals surface area (Å²) in [6.07, 6.45) is 0. The first kappa shape index (κ1) is 21.7. The van der Waals surface area contributed by atoms with Crippen LogP contribution in [0.1, 0.15) is 30.9 Å². The van der Waals surface area contributed by atoms with Crippen LogP contribution in [0.5, 0.6) is 5.75 Å². The molecule has 0 unspecified atom stereocenters. The summed E-state index contributed by atoms with van der Waals surface area (Å²) in [7, 11) is -4.66. The van der Waals surface area contributed by atoms with Gasteiger partial charge in [-0.1, -0.05) is 26.0 Å². The molecular formula is C18H19F3N2O4S. The molecule has 2 aromatic carbocycles. The highest BCUT2D eigenvalue weighted by Crippen LogP contribution is 2.27. The Morgan fingerprint density at radius 1 is 1.11 bits per heavy atom. The average Bonchev–Trinajstić information content (AvgIpc) is 2.62. The molecule has 1 amide bonds. The van der Waals surface area contributed by atoms with Crippen LogP contribution in [0.3, 0.4) is 0 Å². The van der Waals surface area contributed by atoms with Crippen molar-refractivity contribution >= 4 is 15.9 Å². The Morgan fingerprint density at radius 2 is 1.79 bits per heavy atom. The highest BCUT2D eigenvalue weighted by atomic mass is 32.2. The van der Waals surface area contributed by atoms with Gasteiger partial charge in [0.05, 0.1) is 0 Å². The van der Waals surface area contributed by atoms with Gasteiger partial charge < -0.3 is 4.74 Å². The van der Waals surface area contributed by atoms with E-state index in [9.17, 15) is 26.4 Å². The number of hydrogen-bond acceptors (Lipinski definition) is 4. The lowest BCUT2D eigenvalue weighted by molar-refractivity contribution is -0.123. The van der Waals surface area contributed by atoms with E-state index in [2.05, 4.69) is 0 Å². The van der Waals surface area contributed by atoms with Crippen molar-refractivity contribution in [3.8, 4) is 5.75 Å². The molecule has 0 aromatic heterocycles. The topological polar surface area (TPSA) is 84.5 Å². The molecule has 2 rings (SSSR count). The number of amides is 1. The maximum Gasteiger partial charge on any atom is 0.272 e. The normalized spacial score (nSPS) is 11.5. The number of nitrogens with one attached hydrogen (secondary N) is 2. The Bertz CT molecular complexity index is 995. The molecule has 0 aliphatic carbocycles. The maximum atomic E-state index is 13.6. The van der Waals surface area contributed by atoms with Crippen LogP contribution in [0.25, 0.3) is 0 Å². The number of sulfonamides is 1. The van der Waals surface area contributed by atoms with Gasteiger partial charge in [-0.05, 0) is 42.2 Å². The van der Waals surface area contributed by atoms with Gasteiger partial charge in [0.25, 0.3) is 15.9 Å². The quantitative estimate of drug-likeness (QED) is 0.537. The third kappa shape index (κ3) is 5.02. The Labute approximate surface area is 160 Å². The molecule has 0 saturated heterocycles. The fraction of sp³-hybridized carbons (Fsp3) is 0.278. The molecule has 0 radical (unpaired) electrons. The molecule has 0 aliphatic heterocycles. The van der Waals surface area contributed by atoms with E-state index in [0.717, 1.165) is 11.1 Å². The van der Waals surface area contributed by atoms with Crippen LogP contribution in [-0.4, -0.2) is 20.9 Å². The lowest BCUT2D eigenvalue weighted by atomic mass is 10.0. The minimum Gasteiger partial charge on any atom is -0.483 e. The number of carbonyl (C=O) groups excluding carboxylic acids is 1. The van der Waals surface area contributed by atoms with Crippen LogP contribution >= 0.6 is 0 Å². The number of aryl methyl sites for hydroxylation is 1. The van der Waals surface area contributed by atoms with Crippen molar-refractivity contribution in [2.45, 2.75) is 31.6 Å². The molecule has 0 heterocycles. The van der Waals surface area contributed by atoms with Crippen molar-refractivity contribution in [3.05, 3.63) is 58.9 Å². The highest BCUT2D eigenvalue weighted by Gasteiger charge is 2.24. The van der Waals surface area contributed by atoms with Gasteiger partial charge in [0.15, 0.2) is 24.1 Å². The number of carbonyl (C=O) groups is 1. The van der Waals surface area contributed by atoms with Crippen LogP contribution in [0.15, 0.2) is 35.2 Å². The van der Waals surface area contributed by atoms with E-state index in [4.69, 9.17) is 4.74 Å². The molecule has 0 aliphatic rings. The number of hydrogen-bond donors (Lipinski definition) is 2. The van der Waals surface area contributed by atoms with Gasteiger partial charge in [0.2, 0.25) is 0 Å². The summed E-state index contributed by atoms with van der Waals surface area (Å²) in [5, 5.41) is 0. The van der Waals surface area contributed by atoms with E-state index < -0.39 is 44.9 Å². The number of ether oxygens (including phenoxy) is 1. The molecule has 28 heavy (non-hydrogen) atoms. The van der Waals surface area contributed by atoms with Crippen LogP contribution in [-0.2, 0) is 14.8 Å². The molecule has 0 saturated carbocycles. The van der Waals surface area contributed by atoms with E-state index in [-0.39, 0.29) is 5.92 Å². The first-order valence-corrected chi connectivity index (χ1v) is 9.68. The van der Waals surface area contributed by atoms with Gasteiger partial charge in [-0.3, -0.25) is 10.2 Å². The second kappa shape index (κ2) is 8.61. The highest BCUT2D eigenvalue weighted by molar-refractivity contribution is 7.89. The monoisotopic (exact) mass is 416 g/mol. The minimum atomic E-state index is -4.66. The third-order valence-electron chi connectivity index (χ3n) is 3.76. The molecule has 0 bridgehead atoms. The molecule has 0 fully saturated rings. The van der Waals surface area contributed by atoms with E-state index in [0.29, 0.717) is 17.9 Å². The van der Waals surface area contributed by atoms with Gasteiger partial charge in [-0.15, -0.1) is 4.83 Å². The maximum absolute atomic E-state index is 13.6. The van der Waals surface area contributed by atoms with Gasteiger partial charge in [0, 0.05) is 0 Å². The van der Waals surface area contributed by atoms with Crippen molar-refractivity contribution in [1.29, 1.82) is 0 Å². The predicted molar refractivity (Wildman–Crippen MR) is 95.5 cm³/mol. The summed E-state index contributed by atoms with van der Waals surface area (Å²) in [6.45, 7) is 5.22. The smallest absolute Gasteiger partial charge is 0.272 e. The van der Waals surface area contributed by atoms with Crippen molar-refractivity contribution in [3.63, 3.8) is 0 Å². The zero-order valence-corrected chi connectivity index (χ0v) is 16.2. The Balaban J connectivity index is 2.03. The summed E-state index contributed by atoms with van der Waals surface area (Å²) in [5.41, 5.74) is 3.61. The van der Waals surface area contributed by atoms with E-state index >= 15 is 0 Å². The molecular weight excluding hydrogens is 397 g/mol. The van der Waals surface area contributed by atoms with Gasteiger partial charge in [-0.25, -0.2) is 21.6 Å². The number of rotatable bonds is 7. The fourth-order valence-corrected chi connectivity index (χ4v) is 3.25. The predicted octanol–water partition coefficient (Wildman–Crippen LogP) is 2.92.